The molecule has 0 atom stereocenters. The van der Waals surface area contributed by atoms with Crippen LogP contribution in [0.1, 0.15) is 0 Å². The molecule has 0 heteroatoms. The molecular weight excluding hydrogens is 553 g/mol. The van der Waals surface area contributed by atoms with Crippen LogP contribution in [0, 0.1) is 0 Å². The van der Waals surface area contributed by atoms with Crippen molar-refractivity contribution in [3.63, 3.8) is 0 Å². The summed E-state index contributed by atoms with van der Waals surface area (Å²) in [6.45, 7) is 0. The number of rotatable bonds is 4. The molecule has 0 heterocycles. The quantitative estimate of drug-likeness (QED) is 0.181. The smallest absolute Gasteiger partial charge is 0.00201 e. The summed E-state index contributed by atoms with van der Waals surface area (Å²) in [5.74, 6) is 0. The zero-order chi connectivity index (χ0) is 30.5. The average Bonchev–Trinajstić information content (AvgIpc) is 3.13. The molecule has 0 N–H and O–H groups in total. The van der Waals surface area contributed by atoms with E-state index < -0.39 is 0 Å². The first-order chi connectivity index (χ1) is 22.9. The van der Waals surface area contributed by atoms with Crippen molar-refractivity contribution in [2.24, 2.45) is 0 Å². The van der Waals surface area contributed by atoms with Gasteiger partial charge in [0, 0.05) is 0 Å². The van der Waals surface area contributed by atoms with Gasteiger partial charge in [0.2, 0.25) is 0 Å². The van der Waals surface area contributed by atoms with Gasteiger partial charge in [-0.15, -0.1) is 0 Å². The fraction of sp³-hybridized carbons (Fsp3) is 0. The zero-order valence-electron chi connectivity index (χ0n) is 25.3. The van der Waals surface area contributed by atoms with Crippen LogP contribution in [0.25, 0.3) is 87.6 Å². The van der Waals surface area contributed by atoms with Gasteiger partial charge in [-0.2, -0.15) is 0 Å². The molecule has 0 unspecified atom stereocenters. The molecule has 0 aliphatic carbocycles. The minimum absolute atomic E-state index is 1.23. The highest BCUT2D eigenvalue weighted by Crippen LogP contribution is 2.49. The molecule has 0 saturated carbocycles. The molecule has 0 bridgehead atoms. The van der Waals surface area contributed by atoms with Gasteiger partial charge in [0.05, 0.1) is 0 Å². The van der Waals surface area contributed by atoms with Gasteiger partial charge in [-0.05, 0) is 93.7 Å². The second-order valence-corrected chi connectivity index (χ2v) is 12.0. The molecule has 0 fully saturated rings. The summed E-state index contributed by atoms with van der Waals surface area (Å²) in [5.41, 5.74) is 10.1. The molecule has 0 aliphatic rings. The summed E-state index contributed by atoms with van der Waals surface area (Å²) >= 11 is 0. The third-order valence-corrected chi connectivity index (χ3v) is 9.45. The van der Waals surface area contributed by atoms with Crippen molar-refractivity contribution >= 4 is 43.1 Å². The molecule has 9 rings (SSSR count). The van der Waals surface area contributed by atoms with E-state index in [4.69, 9.17) is 0 Å². The molecule has 9 aromatic carbocycles. The van der Waals surface area contributed by atoms with E-state index in [9.17, 15) is 0 Å². The van der Waals surface area contributed by atoms with Crippen LogP contribution in [0.3, 0.4) is 0 Å². The number of hydrogen-bond acceptors (Lipinski definition) is 0. The van der Waals surface area contributed by atoms with Crippen molar-refractivity contribution in [3.8, 4) is 44.5 Å². The predicted octanol–water partition coefficient (Wildman–Crippen LogP) is 13.0. The molecule has 0 amide bonds. The van der Waals surface area contributed by atoms with Crippen molar-refractivity contribution in [1.82, 2.24) is 0 Å². The van der Waals surface area contributed by atoms with Gasteiger partial charge in [-0.1, -0.05) is 176 Å². The maximum Gasteiger partial charge on any atom is -0.00201 e. The average molecular weight is 583 g/mol. The largest absolute Gasteiger partial charge is 0.0622 e. The monoisotopic (exact) mass is 582 g/mol. The van der Waals surface area contributed by atoms with Crippen molar-refractivity contribution in [2.75, 3.05) is 0 Å². The minimum Gasteiger partial charge on any atom is -0.0622 e. The lowest BCUT2D eigenvalue weighted by atomic mass is 9.81. The van der Waals surface area contributed by atoms with Crippen molar-refractivity contribution in [1.29, 1.82) is 0 Å². The summed E-state index contributed by atoms with van der Waals surface area (Å²) in [7, 11) is 0. The van der Waals surface area contributed by atoms with Crippen LogP contribution in [-0.4, -0.2) is 0 Å². The maximum atomic E-state index is 2.32. The van der Waals surface area contributed by atoms with E-state index in [2.05, 4.69) is 182 Å². The number of hydrogen-bond donors (Lipinski definition) is 0. The Morgan fingerprint density at radius 2 is 0.522 bits per heavy atom. The third-order valence-electron chi connectivity index (χ3n) is 9.45. The van der Waals surface area contributed by atoms with E-state index in [1.165, 1.54) is 87.6 Å². The maximum absolute atomic E-state index is 2.32. The van der Waals surface area contributed by atoms with E-state index >= 15 is 0 Å². The molecule has 0 aliphatic heterocycles. The van der Waals surface area contributed by atoms with Crippen LogP contribution in [0.4, 0.5) is 0 Å². The Hall–Kier alpha value is -5.98. The Bertz CT molecular complexity index is 2460. The Labute approximate surface area is 268 Å². The van der Waals surface area contributed by atoms with Gasteiger partial charge in [0.1, 0.15) is 0 Å². The minimum atomic E-state index is 1.23. The summed E-state index contributed by atoms with van der Waals surface area (Å²) in [6.07, 6.45) is 0. The fourth-order valence-electron chi connectivity index (χ4n) is 7.50. The van der Waals surface area contributed by atoms with Crippen molar-refractivity contribution in [2.45, 2.75) is 0 Å². The van der Waals surface area contributed by atoms with Crippen molar-refractivity contribution in [3.05, 3.63) is 182 Å². The van der Waals surface area contributed by atoms with Gasteiger partial charge in [-0.25, -0.2) is 0 Å². The predicted molar refractivity (Wildman–Crippen MR) is 198 cm³/mol. The van der Waals surface area contributed by atoms with Gasteiger partial charge < -0.3 is 0 Å². The fourth-order valence-corrected chi connectivity index (χ4v) is 7.50. The van der Waals surface area contributed by atoms with Crippen molar-refractivity contribution < 1.29 is 0 Å². The van der Waals surface area contributed by atoms with E-state index in [0.29, 0.717) is 0 Å². The molecule has 0 spiro atoms. The first kappa shape index (κ1) is 26.4. The first-order valence-corrected chi connectivity index (χ1v) is 16.0. The molecule has 0 saturated heterocycles. The summed E-state index contributed by atoms with van der Waals surface area (Å²) in [5, 5.41) is 10.1. The standard InChI is InChI=1S/C46H30/c1-2-16-31(17-3-1)34-20-8-9-23-37(34)45-40-26-12-14-28-42(40)46(43-29-15-13-27-41(43)45)39-25-11-10-24-38(39)44-35-21-6-4-18-32(35)30-33-19-5-7-22-36(33)44/h1-30H. The van der Waals surface area contributed by atoms with Gasteiger partial charge in [-0.3, -0.25) is 0 Å². The van der Waals surface area contributed by atoms with E-state index in [0.717, 1.165) is 0 Å². The van der Waals surface area contributed by atoms with Crippen LogP contribution in [0.15, 0.2) is 182 Å². The topological polar surface area (TPSA) is 0 Å². The Morgan fingerprint density at radius 3 is 0.978 bits per heavy atom. The highest BCUT2D eigenvalue weighted by molar-refractivity contribution is 6.24. The van der Waals surface area contributed by atoms with Crippen LogP contribution in [0.5, 0.6) is 0 Å². The zero-order valence-corrected chi connectivity index (χ0v) is 25.3. The van der Waals surface area contributed by atoms with Crippen LogP contribution >= 0.6 is 0 Å². The van der Waals surface area contributed by atoms with E-state index in [1.807, 2.05) is 0 Å². The molecular formula is C46H30. The van der Waals surface area contributed by atoms with Gasteiger partial charge in [0.15, 0.2) is 0 Å². The summed E-state index contributed by atoms with van der Waals surface area (Å²) in [4.78, 5) is 0. The Balaban J connectivity index is 1.42. The molecule has 0 radical (unpaired) electrons. The highest BCUT2D eigenvalue weighted by Gasteiger charge is 2.21. The van der Waals surface area contributed by atoms with Gasteiger partial charge in [0.25, 0.3) is 0 Å². The normalized spacial score (nSPS) is 11.5. The second kappa shape index (κ2) is 10.9. The second-order valence-electron chi connectivity index (χ2n) is 12.0. The molecule has 9 aromatic rings. The van der Waals surface area contributed by atoms with Crippen LogP contribution in [-0.2, 0) is 0 Å². The SMILES string of the molecule is c1ccc(-c2ccccc2-c2c3ccccc3c(-c3ccccc3-c3c4ccccc4cc4ccccc34)c3ccccc23)cc1. The highest BCUT2D eigenvalue weighted by atomic mass is 14.2. The van der Waals surface area contributed by atoms with E-state index in [-0.39, 0.29) is 0 Å². The third kappa shape index (κ3) is 4.15. The lowest BCUT2D eigenvalue weighted by molar-refractivity contribution is 1.60. The molecule has 0 nitrogen and oxygen atoms in total. The summed E-state index contributed by atoms with van der Waals surface area (Å²) in [6, 6.07) is 66.5. The lowest BCUT2D eigenvalue weighted by Crippen LogP contribution is -1.94. The Kier molecular flexibility index (Phi) is 6.25. The van der Waals surface area contributed by atoms with Crippen LogP contribution in [0.2, 0.25) is 0 Å². The first-order valence-electron chi connectivity index (χ1n) is 16.0. The Morgan fingerprint density at radius 1 is 0.217 bits per heavy atom. The number of fused-ring (bicyclic) bond motifs is 4. The number of benzene rings is 9. The molecule has 214 valence electrons. The van der Waals surface area contributed by atoms with E-state index in [1.54, 1.807) is 0 Å². The van der Waals surface area contributed by atoms with Crippen LogP contribution < -0.4 is 0 Å². The van der Waals surface area contributed by atoms with Gasteiger partial charge >= 0.3 is 0 Å². The molecule has 46 heavy (non-hydrogen) atoms. The summed E-state index contributed by atoms with van der Waals surface area (Å²) < 4.78 is 0. The molecule has 0 aromatic heterocycles. The lowest BCUT2D eigenvalue weighted by Gasteiger charge is -2.22.